The number of hydrazone groups is 1. The molecule has 1 N–H and O–H groups in total. The highest BCUT2D eigenvalue weighted by Gasteiger charge is 2.16. The van der Waals surface area contributed by atoms with Crippen LogP contribution in [0.5, 0.6) is 23.0 Å². The fourth-order valence-corrected chi connectivity index (χ4v) is 3.46. The zero-order valence-corrected chi connectivity index (χ0v) is 17.2. The maximum Gasteiger partial charge on any atom is 0.161 e. The molecule has 0 bridgehead atoms. The standard InChI is InChI=1S/C22H26N2O4/c1-7-15-13(2)23-24-22(14-8-9-18(25-3)19(10-14)26-4)17-12-21(28-6)20(27-5)11-16(15)17/h8-12,24H,7H2,1-6H3. The van der Waals surface area contributed by atoms with E-state index in [1.165, 1.54) is 0 Å². The van der Waals surface area contributed by atoms with Crippen LogP contribution in [-0.2, 0) is 0 Å². The Morgan fingerprint density at radius 2 is 1.36 bits per heavy atom. The van der Waals surface area contributed by atoms with Crippen LogP contribution in [0.1, 0.15) is 25.8 Å². The summed E-state index contributed by atoms with van der Waals surface area (Å²) < 4.78 is 21.9. The van der Waals surface area contributed by atoms with E-state index in [9.17, 15) is 0 Å². The fourth-order valence-electron chi connectivity index (χ4n) is 3.46. The van der Waals surface area contributed by atoms with Gasteiger partial charge in [0, 0.05) is 10.8 Å². The normalized spacial score (nSPS) is 13.1. The predicted octanol–water partition coefficient (Wildman–Crippen LogP) is 2.42. The number of nitrogens with zero attached hydrogens (tertiary/aromatic N) is 1. The minimum atomic E-state index is 0.654. The van der Waals surface area contributed by atoms with Crippen molar-refractivity contribution < 1.29 is 18.9 Å². The van der Waals surface area contributed by atoms with Crippen molar-refractivity contribution in [3.05, 3.63) is 46.3 Å². The molecule has 148 valence electrons. The molecule has 1 aliphatic rings. The summed E-state index contributed by atoms with van der Waals surface area (Å²) in [6.07, 6.45) is 0.846. The van der Waals surface area contributed by atoms with Crippen LogP contribution in [0.3, 0.4) is 0 Å². The lowest BCUT2D eigenvalue weighted by Crippen LogP contribution is -2.32. The minimum absolute atomic E-state index is 0.654. The minimum Gasteiger partial charge on any atom is -0.493 e. The molecule has 0 saturated carbocycles. The van der Waals surface area contributed by atoms with Crippen LogP contribution >= 0.6 is 0 Å². The molecule has 0 aromatic heterocycles. The molecule has 6 nitrogen and oxygen atoms in total. The molecule has 6 heteroatoms. The monoisotopic (exact) mass is 382 g/mol. The molecule has 0 radical (unpaired) electrons. The second kappa shape index (κ2) is 8.25. The third-order valence-electron chi connectivity index (χ3n) is 4.92. The van der Waals surface area contributed by atoms with Crippen molar-refractivity contribution in [1.82, 2.24) is 5.43 Å². The molecular weight excluding hydrogens is 356 g/mol. The zero-order valence-electron chi connectivity index (χ0n) is 17.2. The van der Waals surface area contributed by atoms with Gasteiger partial charge in [0.25, 0.3) is 0 Å². The number of hydrogen-bond acceptors (Lipinski definition) is 6. The van der Waals surface area contributed by atoms with Gasteiger partial charge in [0.2, 0.25) is 0 Å². The predicted molar refractivity (Wildman–Crippen MR) is 111 cm³/mol. The quantitative estimate of drug-likeness (QED) is 0.831. The van der Waals surface area contributed by atoms with Gasteiger partial charge in [0.1, 0.15) is 0 Å². The summed E-state index contributed by atoms with van der Waals surface area (Å²) in [5.74, 6) is 2.68. The van der Waals surface area contributed by atoms with Gasteiger partial charge in [0.15, 0.2) is 23.0 Å². The molecule has 0 atom stereocenters. The van der Waals surface area contributed by atoms with E-state index in [-0.39, 0.29) is 0 Å². The molecule has 3 rings (SSSR count). The van der Waals surface area contributed by atoms with Gasteiger partial charge in [0.05, 0.1) is 39.8 Å². The van der Waals surface area contributed by atoms with E-state index in [1.807, 2.05) is 37.3 Å². The third kappa shape index (κ3) is 3.38. The Hall–Kier alpha value is -3.15. The SMILES string of the molecule is CCC1=c2cc(OC)c(OC)cc2=C(c2ccc(OC)c(OC)c2)NN=C1C. The van der Waals surface area contributed by atoms with Gasteiger partial charge >= 0.3 is 0 Å². The summed E-state index contributed by atoms with van der Waals surface area (Å²) >= 11 is 0. The average molecular weight is 382 g/mol. The van der Waals surface area contributed by atoms with Gasteiger partial charge < -0.3 is 18.9 Å². The van der Waals surface area contributed by atoms with Crippen molar-refractivity contribution in [3.63, 3.8) is 0 Å². The van der Waals surface area contributed by atoms with Crippen molar-refractivity contribution in [2.45, 2.75) is 20.3 Å². The third-order valence-corrected chi connectivity index (χ3v) is 4.92. The van der Waals surface area contributed by atoms with Gasteiger partial charge in [-0.15, -0.1) is 0 Å². The molecule has 2 aromatic carbocycles. The van der Waals surface area contributed by atoms with Crippen LogP contribution < -0.4 is 34.8 Å². The van der Waals surface area contributed by atoms with Crippen molar-refractivity contribution >= 4 is 17.0 Å². The second-order valence-corrected chi connectivity index (χ2v) is 6.34. The molecule has 2 aromatic rings. The highest BCUT2D eigenvalue weighted by molar-refractivity contribution is 6.17. The highest BCUT2D eigenvalue weighted by Crippen LogP contribution is 2.30. The lowest BCUT2D eigenvalue weighted by Gasteiger charge is -2.13. The zero-order chi connectivity index (χ0) is 20.3. The molecule has 0 aliphatic carbocycles. The number of nitrogens with one attached hydrogen (secondary N) is 1. The maximum absolute atomic E-state index is 5.55. The number of hydrogen-bond donors (Lipinski definition) is 1. The van der Waals surface area contributed by atoms with Gasteiger partial charge in [-0.05, 0) is 54.5 Å². The summed E-state index contributed by atoms with van der Waals surface area (Å²) in [7, 11) is 6.53. The van der Waals surface area contributed by atoms with Gasteiger partial charge in [-0.25, -0.2) is 0 Å². The molecular formula is C22H26N2O4. The van der Waals surface area contributed by atoms with Gasteiger partial charge in [-0.3, -0.25) is 5.43 Å². The maximum atomic E-state index is 5.55. The number of fused-ring (bicyclic) bond motifs is 1. The molecule has 0 amide bonds. The van der Waals surface area contributed by atoms with Crippen LogP contribution in [0.25, 0.3) is 11.3 Å². The molecule has 28 heavy (non-hydrogen) atoms. The van der Waals surface area contributed by atoms with Gasteiger partial charge in [-0.1, -0.05) is 6.92 Å². The van der Waals surface area contributed by atoms with Crippen molar-refractivity contribution in [2.24, 2.45) is 5.10 Å². The Morgan fingerprint density at radius 3 is 1.93 bits per heavy atom. The fraction of sp³-hybridized carbons (Fsp3) is 0.318. The van der Waals surface area contributed by atoms with Crippen LogP contribution in [0, 0.1) is 0 Å². The van der Waals surface area contributed by atoms with Crippen molar-refractivity contribution in [1.29, 1.82) is 0 Å². The first kappa shape index (κ1) is 19.6. The lowest BCUT2D eigenvalue weighted by molar-refractivity contribution is 0.354. The largest absolute Gasteiger partial charge is 0.493 e. The Labute approximate surface area is 165 Å². The first-order valence-corrected chi connectivity index (χ1v) is 9.10. The van der Waals surface area contributed by atoms with E-state index in [0.29, 0.717) is 23.0 Å². The van der Waals surface area contributed by atoms with E-state index in [2.05, 4.69) is 17.5 Å². The van der Waals surface area contributed by atoms with E-state index >= 15 is 0 Å². The molecule has 1 aliphatic heterocycles. The van der Waals surface area contributed by atoms with Gasteiger partial charge in [-0.2, -0.15) is 5.10 Å². The summed E-state index contributed by atoms with van der Waals surface area (Å²) in [4.78, 5) is 0. The van der Waals surface area contributed by atoms with E-state index in [0.717, 1.165) is 39.4 Å². The first-order chi connectivity index (χ1) is 13.6. The van der Waals surface area contributed by atoms with E-state index in [1.54, 1.807) is 28.4 Å². The van der Waals surface area contributed by atoms with E-state index < -0.39 is 0 Å². The Balaban J connectivity index is 2.42. The topological polar surface area (TPSA) is 61.3 Å². The molecule has 0 spiro atoms. The summed E-state index contributed by atoms with van der Waals surface area (Å²) in [5.41, 5.74) is 7.12. The van der Waals surface area contributed by atoms with Crippen LogP contribution in [0.4, 0.5) is 0 Å². The smallest absolute Gasteiger partial charge is 0.161 e. The number of rotatable bonds is 6. The van der Waals surface area contributed by atoms with Crippen LogP contribution in [0.2, 0.25) is 0 Å². The Kier molecular flexibility index (Phi) is 5.78. The Morgan fingerprint density at radius 1 is 0.786 bits per heavy atom. The molecule has 0 unspecified atom stereocenters. The number of methoxy groups -OCH3 is 4. The lowest BCUT2D eigenvalue weighted by atomic mass is 10.0. The number of benzene rings is 2. The average Bonchev–Trinajstić information content (AvgIpc) is 2.87. The van der Waals surface area contributed by atoms with Crippen molar-refractivity contribution in [3.8, 4) is 23.0 Å². The molecule has 0 saturated heterocycles. The van der Waals surface area contributed by atoms with E-state index in [4.69, 9.17) is 18.9 Å². The molecule has 0 fully saturated rings. The first-order valence-electron chi connectivity index (χ1n) is 9.10. The van der Waals surface area contributed by atoms with Crippen LogP contribution in [0.15, 0.2) is 35.4 Å². The number of ether oxygens (including phenoxy) is 4. The van der Waals surface area contributed by atoms with Crippen molar-refractivity contribution in [2.75, 3.05) is 28.4 Å². The Bertz CT molecular complexity index is 1040. The highest BCUT2D eigenvalue weighted by atomic mass is 16.5. The summed E-state index contributed by atoms with van der Waals surface area (Å²) in [6, 6.07) is 9.79. The summed E-state index contributed by atoms with van der Waals surface area (Å²) in [6.45, 7) is 4.13. The summed E-state index contributed by atoms with van der Waals surface area (Å²) in [5, 5.41) is 6.65. The second-order valence-electron chi connectivity index (χ2n) is 6.34. The molecule has 1 heterocycles. The van der Waals surface area contributed by atoms with Crippen LogP contribution in [-0.4, -0.2) is 34.2 Å².